The van der Waals surface area contributed by atoms with Gasteiger partial charge in [-0.25, -0.2) is 12.7 Å². The number of nitrogens with zero attached hydrogens (tertiary/aromatic N) is 1. The lowest BCUT2D eigenvalue weighted by Gasteiger charge is -2.58. The molecule has 2 unspecified atom stereocenters. The van der Waals surface area contributed by atoms with Gasteiger partial charge in [-0.2, -0.15) is 0 Å². The highest BCUT2D eigenvalue weighted by atomic mass is 32.2. The molecule has 1 aromatic carbocycles. The summed E-state index contributed by atoms with van der Waals surface area (Å²) in [6, 6.07) is 4.15. The fourth-order valence-electron chi connectivity index (χ4n) is 6.08. The molecule has 9 nitrogen and oxygen atoms in total. The number of methoxy groups -OCH3 is 1. The van der Waals surface area contributed by atoms with Crippen molar-refractivity contribution in [2.45, 2.75) is 49.0 Å². The summed E-state index contributed by atoms with van der Waals surface area (Å²) in [5, 5.41) is 13.4. The van der Waals surface area contributed by atoms with E-state index in [1.54, 1.807) is 0 Å². The second-order valence-corrected chi connectivity index (χ2v) is 11.9. The zero-order valence-corrected chi connectivity index (χ0v) is 19.4. The van der Waals surface area contributed by atoms with Crippen LogP contribution in [0.4, 0.5) is 5.69 Å². The molecule has 4 bridgehead atoms. The van der Waals surface area contributed by atoms with Crippen molar-refractivity contribution in [1.82, 2.24) is 4.31 Å². The second-order valence-electron chi connectivity index (χ2n) is 9.74. The molecule has 2 N–H and O–H groups in total. The van der Waals surface area contributed by atoms with Gasteiger partial charge in [-0.3, -0.25) is 9.59 Å². The summed E-state index contributed by atoms with van der Waals surface area (Å²) >= 11 is 0. The van der Waals surface area contributed by atoms with Gasteiger partial charge in [-0.15, -0.1) is 0 Å². The maximum Gasteiger partial charge on any atom is 0.312 e. The fraction of sp³-hybridized carbons (Fsp3) is 0.636. The number of anilines is 1. The third-order valence-electron chi connectivity index (χ3n) is 7.02. The van der Waals surface area contributed by atoms with E-state index < -0.39 is 39.5 Å². The van der Waals surface area contributed by atoms with Crippen molar-refractivity contribution >= 4 is 27.6 Å². The summed E-state index contributed by atoms with van der Waals surface area (Å²) in [4.78, 5) is 25.5. The number of carbonyl (C=O) groups excluding carboxylic acids is 2. The first-order chi connectivity index (χ1) is 15.0. The number of hydrogen-bond acceptors (Lipinski definition) is 7. The molecule has 10 heteroatoms. The van der Waals surface area contributed by atoms with Crippen LogP contribution in [-0.2, 0) is 24.3 Å². The van der Waals surface area contributed by atoms with Crippen molar-refractivity contribution in [3.8, 4) is 5.75 Å². The lowest BCUT2D eigenvalue weighted by atomic mass is 9.48. The van der Waals surface area contributed by atoms with E-state index >= 15 is 0 Å². The van der Waals surface area contributed by atoms with Crippen LogP contribution in [0.1, 0.15) is 38.5 Å². The molecule has 32 heavy (non-hydrogen) atoms. The minimum absolute atomic E-state index is 0.00240. The monoisotopic (exact) mass is 466 g/mol. The maximum atomic E-state index is 13.0. The Morgan fingerprint density at radius 2 is 1.84 bits per heavy atom. The normalized spacial score (nSPS) is 30.9. The van der Waals surface area contributed by atoms with Crippen LogP contribution < -0.4 is 10.1 Å². The molecule has 0 radical (unpaired) electrons. The molecular weight excluding hydrogens is 436 g/mol. The first-order valence-corrected chi connectivity index (χ1v) is 12.2. The topological polar surface area (TPSA) is 122 Å². The molecule has 176 valence electrons. The minimum atomic E-state index is -3.70. The lowest BCUT2D eigenvalue weighted by molar-refractivity contribution is -0.196. The van der Waals surface area contributed by atoms with Gasteiger partial charge in [0.15, 0.2) is 6.61 Å². The fourth-order valence-corrected chi connectivity index (χ4v) is 7.01. The van der Waals surface area contributed by atoms with Gasteiger partial charge in [0.1, 0.15) is 5.75 Å². The number of sulfonamides is 1. The Labute approximate surface area is 188 Å². The molecule has 0 heterocycles. The standard InChI is InChI=1S/C22H30N2O7S/c1-24(2)32(28,29)16-4-5-18(30-3)17(7-16)23-19(25)12-31-20(26)21-8-14-6-15(9-21)11-22(27,10-14)13-21/h4-5,7,14-15,27H,6,8-13H2,1-3H3,(H,23,25). The first kappa shape index (κ1) is 23.0. The molecular formula is C22H30N2O7S. The zero-order valence-electron chi connectivity index (χ0n) is 18.6. The Morgan fingerprint density at radius 1 is 1.19 bits per heavy atom. The molecule has 4 fully saturated rings. The summed E-state index contributed by atoms with van der Waals surface area (Å²) in [5.41, 5.74) is -1.34. The highest BCUT2D eigenvalue weighted by Gasteiger charge is 2.60. The van der Waals surface area contributed by atoms with E-state index in [0.717, 1.165) is 23.6 Å². The maximum absolute atomic E-state index is 13.0. The van der Waals surface area contributed by atoms with E-state index in [2.05, 4.69) is 5.32 Å². The average Bonchev–Trinajstić information content (AvgIpc) is 2.70. The third kappa shape index (κ3) is 4.11. The van der Waals surface area contributed by atoms with Gasteiger partial charge >= 0.3 is 5.97 Å². The molecule has 2 atom stereocenters. The minimum Gasteiger partial charge on any atom is -0.495 e. The predicted molar refractivity (Wildman–Crippen MR) is 116 cm³/mol. The second kappa shape index (κ2) is 8.00. The van der Waals surface area contributed by atoms with E-state index in [4.69, 9.17) is 9.47 Å². The average molecular weight is 467 g/mol. The predicted octanol–water partition coefficient (Wildman–Crippen LogP) is 1.76. The Bertz CT molecular complexity index is 1020. The highest BCUT2D eigenvalue weighted by molar-refractivity contribution is 7.89. The van der Waals surface area contributed by atoms with Crippen LogP contribution in [-0.4, -0.2) is 63.1 Å². The Morgan fingerprint density at radius 3 is 2.41 bits per heavy atom. The molecule has 0 spiro atoms. The number of amides is 1. The molecule has 4 aliphatic rings. The Kier molecular flexibility index (Phi) is 5.75. The van der Waals surface area contributed by atoms with E-state index in [9.17, 15) is 23.1 Å². The number of ether oxygens (including phenoxy) is 2. The molecule has 1 aromatic rings. The Balaban J connectivity index is 1.43. The van der Waals surface area contributed by atoms with Crippen LogP contribution in [0.25, 0.3) is 0 Å². The van der Waals surface area contributed by atoms with Crippen molar-refractivity contribution < 1.29 is 32.6 Å². The van der Waals surface area contributed by atoms with E-state index in [1.807, 2.05) is 0 Å². The molecule has 0 saturated heterocycles. The molecule has 0 aromatic heterocycles. The Hall–Kier alpha value is -2.17. The van der Waals surface area contributed by atoms with Crippen LogP contribution in [0, 0.1) is 17.3 Å². The number of esters is 1. The summed E-state index contributed by atoms with van der Waals surface area (Å²) in [7, 11) is 0.535. The molecule has 4 aliphatic carbocycles. The van der Waals surface area contributed by atoms with Crippen molar-refractivity contribution in [3.05, 3.63) is 18.2 Å². The van der Waals surface area contributed by atoms with Gasteiger partial charge in [0, 0.05) is 14.1 Å². The smallest absolute Gasteiger partial charge is 0.312 e. The summed E-state index contributed by atoms with van der Waals surface area (Å²) in [5.74, 6) is -0.0946. The number of aliphatic hydroxyl groups is 1. The van der Waals surface area contributed by atoms with Crippen molar-refractivity contribution in [2.75, 3.05) is 33.1 Å². The number of hydrogen-bond donors (Lipinski definition) is 2. The number of carbonyl (C=O) groups is 2. The highest BCUT2D eigenvalue weighted by Crippen LogP contribution is 2.61. The first-order valence-electron chi connectivity index (χ1n) is 10.8. The van der Waals surface area contributed by atoms with Gasteiger partial charge in [-0.1, -0.05) is 0 Å². The molecule has 1 amide bonds. The molecule has 5 rings (SSSR count). The van der Waals surface area contributed by atoms with Gasteiger partial charge in [-0.05, 0) is 68.6 Å². The van der Waals surface area contributed by atoms with E-state index in [1.165, 1.54) is 39.4 Å². The van der Waals surface area contributed by atoms with Gasteiger partial charge in [0.25, 0.3) is 5.91 Å². The SMILES string of the molecule is COc1ccc(S(=O)(=O)N(C)C)cc1NC(=O)COC(=O)C12CC3CC(CC(O)(C3)C1)C2. The van der Waals surface area contributed by atoms with Gasteiger partial charge in [0.05, 0.1) is 28.7 Å². The summed E-state index contributed by atoms with van der Waals surface area (Å²) < 4.78 is 36.5. The third-order valence-corrected chi connectivity index (χ3v) is 8.83. The summed E-state index contributed by atoms with van der Waals surface area (Å²) in [6.07, 6.45) is 4.32. The lowest BCUT2D eigenvalue weighted by Crippen LogP contribution is -2.58. The molecule has 0 aliphatic heterocycles. The summed E-state index contributed by atoms with van der Waals surface area (Å²) in [6.45, 7) is -0.498. The number of rotatable bonds is 7. The van der Waals surface area contributed by atoms with Crippen molar-refractivity contribution in [2.24, 2.45) is 17.3 Å². The number of nitrogens with one attached hydrogen (secondary N) is 1. The van der Waals surface area contributed by atoms with Crippen LogP contribution >= 0.6 is 0 Å². The van der Waals surface area contributed by atoms with E-state index in [0.29, 0.717) is 31.1 Å². The van der Waals surface area contributed by atoms with E-state index in [-0.39, 0.29) is 16.3 Å². The van der Waals surface area contributed by atoms with Crippen molar-refractivity contribution in [3.63, 3.8) is 0 Å². The molecule has 4 saturated carbocycles. The largest absolute Gasteiger partial charge is 0.495 e. The van der Waals surface area contributed by atoms with Gasteiger partial charge in [0.2, 0.25) is 10.0 Å². The quantitative estimate of drug-likeness (QED) is 0.587. The number of benzene rings is 1. The van der Waals surface area contributed by atoms with Gasteiger partial charge < -0.3 is 19.9 Å². The van der Waals surface area contributed by atoms with Crippen LogP contribution in [0.3, 0.4) is 0 Å². The zero-order chi connectivity index (χ0) is 23.3. The van der Waals surface area contributed by atoms with Crippen molar-refractivity contribution in [1.29, 1.82) is 0 Å². The van der Waals surface area contributed by atoms with Crippen LogP contribution in [0.15, 0.2) is 23.1 Å². The van der Waals surface area contributed by atoms with Crippen LogP contribution in [0.5, 0.6) is 5.75 Å². The van der Waals surface area contributed by atoms with Crippen LogP contribution in [0.2, 0.25) is 0 Å².